The lowest BCUT2D eigenvalue weighted by Gasteiger charge is -2.11. The summed E-state index contributed by atoms with van der Waals surface area (Å²) in [6.07, 6.45) is 1.63. The number of anilines is 1. The first kappa shape index (κ1) is 19.2. The molecular formula is C18H22N4O4. The monoisotopic (exact) mass is 358 g/mol. The van der Waals surface area contributed by atoms with E-state index in [4.69, 9.17) is 5.11 Å². The van der Waals surface area contributed by atoms with E-state index in [0.717, 1.165) is 18.4 Å². The number of benzene rings is 1. The van der Waals surface area contributed by atoms with Gasteiger partial charge in [0.05, 0.1) is 17.0 Å². The lowest BCUT2D eigenvalue weighted by molar-refractivity contribution is -0.135. The van der Waals surface area contributed by atoms with Crippen LogP contribution in [0.3, 0.4) is 0 Å². The zero-order chi connectivity index (χ0) is 19.1. The van der Waals surface area contributed by atoms with Gasteiger partial charge in [-0.2, -0.15) is 0 Å². The van der Waals surface area contributed by atoms with E-state index in [1.807, 2.05) is 12.1 Å². The topological polar surface area (TPSA) is 124 Å². The van der Waals surface area contributed by atoms with Crippen molar-refractivity contribution in [3.63, 3.8) is 0 Å². The Bertz CT molecular complexity index is 785. The second-order valence-corrected chi connectivity index (χ2v) is 5.87. The zero-order valence-electron chi connectivity index (χ0n) is 14.7. The number of phenols is 1. The molecule has 4 N–H and O–H groups in total. The van der Waals surface area contributed by atoms with Crippen LogP contribution in [-0.4, -0.2) is 45.1 Å². The summed E-state index contributed by atoms with van der Waals surface area (Å²) >= 11 is 0. The van der Waals surface area contributed by atoms with E-state index in [1.165, 1.54) is 0 Å². The summed E-state index contributed by atoms with van der Waals surface area (Å²) in [6, 6.07) is 7.13. The molecule has 1 aromatic carbocycles. The number of carboxylic acid groups (broad SMARTS) is 1. The summed E-state index contributed by atoms with van der Waals surface area (Å²) in [5, 5.41) is 23.5. The lowest BCUT2D eigenvalue weighted by Crippen LogP contribution is -2.31. The van der Waals surface area contributed by atoms with Crippen LogP contribution in [0.5, 0.6) is 5.75 Å². The van der Waals surface area contributed by atoms with Crippen molar-refractivity contribution in [3.05, 3.63) is 46.8 Å². The van der Waals surface area contributed by atoms with Gasteiger partial charge < -0.3 is 20.8 Å². The minimum absolute atomic E-state index is 0.252. The fraction of sp³-hybridized carbons (Fsp3) is 0.333. The number of aromatic hydroxyl groups is 1. The van der Waals surface area contributed by atoms with E-state index >= 15 is 0 Å². The van der Waals surface area contributed by atoms with Crippen molar-refractivity contribution in [2.24, 2.45) is 0 Å². The molecule has 0 saturated carbocycles. The Labute approximate surface area is 151 Å². The molecule has 1 amide bonds. The molecule has 0 unspecified atom stereocenters. The summed E-state index contributed by atoms with van der Waals surface area (Å²) < 4.78 is 0. The third kappa shape index (κ3) is 5.44. The van der Waals surface area contributed by atoms with Gasteiger partial charge in [-0.1, -0.05) is 12.1 Å². The smallest absolute Gasteiger partial charge is 0.322 e. The van der Waals surface area contributed by atoms with Gasteiger partial charge in [0.1, 0.15) is 12.3 Å². The first-order valence-corrected chi connectivity index (χ1v) is 8.24. The highest BCUT2D eigenvalue weighted by molar-refractivity contribution is 5.97. The molecule has 2 rings (SSSR count). The zero-order valence-corrected chi connectivity index (χ0v) is 14.7. The van der Waals surface area contributed by atoms with E-state index in [-0.39, 0.29) is 11.3 Å². The van der Waals surface area contributed by atoms with Gasteiger partial charge in [-0.3, -0.25) is 9.59 Å². The number of carboxylic acids is 1. The van der Waals surface area contributed by atoms with Crippen LogP contribution in [0.15, 0.2) is 24.3 Å². The predicted octanol–water partition coefficient (Wildman–Crippen LogP) is 1.66. The highest BCUT2D eigenvalue weighted by Crippen LogP contribution is 2.14. The Hall–Kier alpha value is -3.16. The Morgan fingerprint density at radius 2 is 1.85 bits per heavy atom. The van der Waals surface area contributed by atoms with Crippen LogP contribution in [0.1, 0.15) is 33.7 Å². The maximum absolute atomic E-state index is 12.1. The number of hydrogen-bond acceptors (Lipinski definition) is 6. The molecule has 0 radical (unpaired) electrons. The van der Waals surface area contributed by atoms with E-state index < -0.39 is 18.4 Å². The van der Waals surface area contributed by atoms with Gasteiger partial charge in [-0.25, -0.2) is 9.97 Å². The molecule has 2 aromatic rings. The summed E-state index contributed by atoms with van der Waals surface area (Å²) in [6.45, 7) is 3.55. The number of nitrogens with one attached hydrogen (secondary N) is 2. The number of nitrogens with zero attached hydrogens (tertiary/aromatic N) is 2. The van der Waals surface area contributed by atoms with Crippen molar-refractivity contribution in [3.8, 4) is 5.75 Å². The van der Waals surface area contributed by atoms with Crippen LogP contribution in [-0.2, 0) is 11.2 Å². The van der Waals surface area contributed by atoms with E-state index in [1.54, 1.807) is 26.0 Å². The molecule has 0 spiro atoms. The molecule has 0 bridgehead atoms. The molecule has 8 heteroatoms. The van der Waals surface area contributed by atoms with Crippen molar-refractivity contribution in [1.82, 2.24) is 15.3 Å². The van der Waals surface area contributed by atoms with Crippen molar-refractivity contribution >= 4 is 17.8 Å². The summed E-state index contributed by atoms with van der Waals surface area (Å²) in [7, 11) is 0. The molecular weight excluding hydrogens is 336 g/mol. The molecule has 0 aliphatic heterocycles. The summed E-state index contributed by atoms with van der Waals surface area (Å²) in [4.78, 5) is 31.1. The second-order valence-electron chi connectivity index (χ2n) is 5.87. The normalized spacial score (nSPS) is 10.4. The van der Waals surface area contributed by atoms with Gasteiger partial charge in [0.2, 0.25) is 5.95 Å². The minimum Gasteiger partial charge on any atom is -0.508 e. The lowest BCUT2D eigenvalue weighted by atomic mass is 10.1. The molecule has 1 aromatic heterocycles. The van der Waals surface area contributed by atoms with Gasteiger partial charge in [-0.15, -0.1) is 0 Å². The quantitative estimate of drug-likeness (QED) is 0.529. The Morgan fingerprint density at radius 1 is 1.15 bits per heavy atom. The summed E-state index contributed by atoms with van der Waals surface area (Å²) in [5.74, 6) is -0.940. The maximum atomic E-state index is 12.1. The minimum atomic E-state index is -1.11. The summed E-state index contributed by atoms with van der Waals surface area (Å²) in [5.41, 5.74) is 2.30. The number of rotatable bonds is 8. The Kier molecular flexibility index (Phi) is 6.48. The highest BCUT2D eigenvalue weighted by Gasteiger charge is 2.16. The van der Waals surface area contributed by atoms with Crippen molar-refractivity contribution in [1.29, 1.82) is 0 Å². The maximum Gasteiger partial charge on any atom is 0.322 e. The van der Waals surface area contributed by atoms with Crippen molar-refractivity contribution < 1.29 is 19.8 Å². The molecule has 8 nitrogen and oxygen atoms in total. The fourth-order valence-corrected chi connectivity index (χ4v) is 2.57. The molecule has 0 fully saturated rings. The number of carbonyl (C=O) groups excluding carboxylic acids is 1. The number of aryl methyl sites for hydroxylation is 3. The van der Waals surface area contributed by atoms with Crippen LogP contribution in [0.25, 0.3) is 0 Å². The van der Waals surface area contributed by atoms with E-state index in [9.17, 15) is 14.7 Å². The van der Waals surface area contributed by atoms with Gasteiger partial charge in [0.25, 0.3) is 5.91 Å². The van der Waals surface area contributed by atoms with Crippen LogP contribution in [0.4, 0.5) is 5.95 Å². The number of aliphatic carboxylic acids is 1. The van der Waals surface area contributed by atoms with Gasteiger partial charge in [0.15, 0.2) is 0 Å². The number of carbonyl (C=O) groups is 2. The van der Waals surface area contributed by atoms with Crippen LogP contribution >= 0.6 is 0 Å². The van der Waals surface area contributed by atoms with E-state index in [2.05, 4.69) is 20.6 Å². The predicted molar refractivity (Wildman–Crippen MR) is 96.4 cm³/mol. The number of phenolic OH excluding ortho intramolecular Hbond substituents is 1. The number of aromatic nitrogens is 2. The van der Waals surface area contributed by atoms with Crippen LogP contribution in [0.2, 0.25) is 0 Å². The molecule has 138 valence electrons. The molecule has 0 saturated heterocycles. The van der Waals surface area contributed by atoms with Crippen LogP contribution < -0.4 is 10.6 Å². The average Bonchev–Trinajstić information content (AvgIpc) is 2.56. The number of hydrogen-bond donors (Lipinski definition) is 4. The average molecular weight is 358 g/mol. The molecule has 26 heavy (non-hydrogen) atoms. The molecule has 0 aliphatic rings. The van der Waals surface area contributed by atoms with Crippen molar-refractivity contribution in [2.75, 3.05) is 18.4 Å². The third-order valence-electron chi connectivity index (χ3n) is 3.73. The van der Waals surface area contributed by atoms with Gasteiger partial charge >= 0.3 is 5.97 Å². The number of amides is 1. The highest BCUT2D eigenvalue weighted by atomic mass is 16.4. The third-order valence-corrected chi connectivity index (χ3v) is 3.73. The molecule has 0 atom stereocenters. The second kappa shape index (κ2) is 8.80. The Morgan fingerprint density at radius 3 is 2.46 bits per heavy atom. The Balaban J connectivity index is 1.92. The fourth-order valence-electron chi connectivity index (χ4n) is 2.57. The molecule has 0 aliphatic carbocycles. The SMILES string of the molecule is Cc1nc(NCCCc2cccc(O)c2)nc(C)c1C(=O)NCC(=O)O. The van der Waals surface area contributed by atoms with Crippen LogP contribution in [0, 0.1) is 13.8 Å². The van der Waals surface area contributed by atoms with Crippen molar-refractivity contribution in [2.45, 2.75) is 26.7 Å². The van der Waals surface area contributed by atoms with Gasteiger partial charge in [0, 0.05) is 6.54 Å². The molecule has 1 heterocycles. The van der Waals surface area contributed by atoms with E-state index in [0.29, 0.717) is 23.9 Å². The first-order valence-electron chi connectivity index (χ1n) is 8.24. The standard InChI is InChI=1S/C18H22N4O4/c1-11-16(17(26)20-10-15(24)25)12(2)22-18(21-11)19-8-4-6-13-5-3-7-14(23)9-13/h3,5,7,9,23H,4,6,8,10H2,1-2H3,(H,20,26)(H,24,25)(H,19,21,22). The first-order chi connectivity index (χ1) is 12.4. The van der Waals surface area contributed by atoms with Gasteiger partial charge in [-0.05, 0) is 44.4 Å². The largest absolute Gasteiger partial charge is 0.508 e.